The van der Waals surface area contributed by atoms with Crippen molar-refractivity contribution in [3.63, 3.8) is 0 Å². The highest BCUT2D eigenvalue weighted by Gasteiger charge is 2.25. The highest BCUT2D eigenvalue weighted by molar-refractivity contribution is 14.0. The number of guanidine groups is 1. The highest BCUT2D eigenvalue weighted by atomic mass is 127. The number of pyridine rings is 1. The monoisotopic (exact) mass is 518 g/mol. The van der Waals surface area contributed by atoms with E-state index in [0.717, 1.165) is 62.1 Å². The van der Waals surface area contributed by atoms with Crippen LogP contribution in [0.25, 0.3) is 0 Å². The molecule has 154 valence electrons. The molecule has 0 amide bonds. The summed E-state index contributed by atoms with van der Waals surface area (Å²) in [5, 5.41) is 11.6. The van der Waals surface area contributed by atoms with Crippen molar-refractivity contribution in [2.75, 3.05) is 31.6 Å². The lowest BCUT2D eigenvalue weighted by Gasteiger charge is -2.20. The fourth-order valence-corrected chi connectivity index (χ4v) is 3.64. The first-order valence-electron chi connectivity index (χ1n) is 9.33. The number of halogens is 2. The van der Waals surface area contributed by atoms with Crippen LogP contribution in [0.3, 0.4) is 0 Å². The van der Waals surface area contributed by atoms with E-state index in [1.165, 1.54) is 5.56 Å². The normalized spacial score (nSPS) is 16.8. The molecular formula is C19H28ClIN6O. The summed E-state index contributed by atoms with van der Waals surface area (Å²) in [4.78, 5) is 11.0. The topological polar surface area (TPSA) is 78.6 Å². The molecule has 2 N–H and O–H groups in total. The molecule has 0 saturated carbocycles. The van der Waals surface area contributed by atoms with Gasteiger partial charge in [-0.25, -0.2) is 4.98 Å². The zero-order valence-electron chi connectivity index (χ0n) is 16.5. The van der Waals surface area contributed by atoms with E-state index in [1.807, 2.05) is 26.0 Å². The summed E-state index contributed by atoms with van der Waals surface area (Å²) in [5.74, 6) is 2.59. The predicted octanol–water partition coefficient (Wildman–Crippen LogP) is 3.33. The van der Waals surface area contributed by atoms with Gasteiger partial charge in [0.1, 0.15) is 11.6 Å². The van der Waals surface area contributed by atoms with Gasteiger partial charge < -0.3 is 20.1 Å². The Labute approximate surface area is 188 Å². The Morgan fingerprint density at radius 2 is 2.25 bits per heavy atom. The molecule has 1 unspecified atom stereocenters. The third-order valence-corrected chi connectivity index (χ3v) is 5.16. The summed E-state index contributed by atoms with van der Waals surface area (Å²) >= 11 is 6.26. The zero-order valence-corrected chi connectivity index (χ0v) is 19.6. The Hall–Kier alpha value is -1.55. The molecule has 7 nitrogen and oxygen atoms in total. The van der Waals surface area contributed by atoms with Crippen molar-refractivity contribution in [2.45, 2.75) is 39.2 Å². The molecule has 0 radical (unpaired) electrons. The quantitative estimate of drug-likeness (QED) is 0.264. The molecule has 1 saturated heterocycles. The van der Waals surface area contributed by atoms with Gasteiger partial charge in [0.25, 0.3) is 0 Å². The first-order valence-corrected chi connectivity index (χ1v) is 9.70. The van der Waals surface area contributed by atoms with Crippen molar-refractivity contribution in [1.29, 1.82) is 0 Å². The fourth-order valence-electron chi connectivity index (χ4n) is 3.40. The summed E-state index contributed by atoms with van der Waals surface area (Å²) in [6.07, 6.45) is 4.73. The van der Waals surface area contributed by atoms with Crippen molar-refractivity contribution in [3.05, 3.63) is 40.4 Å². The van der Waals surface area contributed by atoms with Gasteiger partial charge >= 0.3 is 0 Å². The molecular weight excluding hydrogens is 491 g/mol. The molecule has 1 aliphatic rings. The molecule has 9 heteroatoms. The van der Waals surface area contributed by atoms with Crippen LogP contribution >= 0.6 is 35.6 Å². The minimum atomic E-state index is 0. The van der Waals surface area contributed by atoms with E-state index >= 15 is 0 Å². The number of nitrogens with one attached hydrogen (secondary N) is 2. The van der Waals surface area contributed by atoms with E-state index in [1.54, 1.807) is 13.2 Å². The van der Waals surface area contributed by atoms with Crippen LogP contribution in [0.5, 0.6) is 0 Å². The molecule has 1 atom stereocenters. The number of hydrogen-bond donors (Lipinski definition) is 2. The van der Waals surface area contributed by atoms with Crippen LogP contribution < -0.4 is 15.5 Å². The Kier molecular flexibility index (Phi) is 8.81. The van der Waals surface area contributed by atoms with Gasteiger partial charge in [0.2, 0.25) is 0 Å². The van der Waals surface area contributed by atoms with Crippen LogP contribution in [-0.4, -0.2) is 48.8 Å². The molecule has 0 spiro atoms. The molecule has 2 aromatic heterocycles. The second kappa shape index (κ2) is 10.8. The maximum Gasteiger partial charge on any atom is 0.191 e. The van der Waals surface area contributed by atoms with Gasteiger partial charge in [0, 0.05) is 44.5 Å². The summed E-state index contributed by atoms with van der Waals surface area (Å²) in [7, 11) is 1.80. The average molecular weight is 519 g/mol. The molecule has 0 aliphatic carbocycles. The second-order valence-electron chi connectivity index (χ2n) is 6.79. The summed E-state index contributed by atoms with van der Waals surface area (Å²) in [5.41, 5.74) is 2.19. The van der Waals surface area contributed by atoms with Gasteiger partial charge in [0.05, 0.1) is 10.7 Å². The van der Waals surface area contributed by atoms with Gasteiger partial charge in [0.15, 0.2) is 5.96 Å². The second-order valence-corrected chi connectivity index (χ2v) is 7.20. The smallest absolute Gasteiger partial charge is 0.191 e. The van der Waals surface area contributed by atoms with Crippen LogP contribution in [0.15, 0.2) is 27.8 Å². The van der Waals surface area contributed by atoms with E-state index in [-0.39, 0.29) is 24.0 Å². The number of anilines is 1. The molecule has 3 heterocycles. The van der Waals surface area contributed by atoms with E-state index in [4.69, 9.17) is 16.1 Å². The summed E-state index contributed by atoms with van der Waals surface area (Å²) < 4.78 is 5.21. The zero-order chi connectivity index (χ0) is 19.2. The van der Waals surface area contributed by atoms with Gasteiger partial charge in [-0.2, -0.15) is 0 Å². The Balaban J connectivity index is 0.00000280. The molecule has 1 aliphatic heterocycles. The van der Waals surface area contributed by atoms with Crippen LogP contribution in [0.4, 0.5) is 5.82 Å². The molecule has 3 rings (SSSR count). The van der Waals surface area contributed by atoms with Crippen molar-refractivity contribution in [2.24, 2.45) is 4.99 Å². The Morgan fingerprint density at radius 1 is 1.43 bits per heavy atom. The number of hydrogen-bond acceptors (Lipinski definition) is 5. The van der Waals surface area contributed by atoms with E-state index < -0.39 is 0 Å². The molecule has 2 aromatic rings. The van der Waals surface area contributed by atoms with Crippen LogP contribution in [0.1, 0.15) is 29.9 Å². The largest absolute Gasteiger partial charge is 0.361 e. The minimum Gasteiger partial charge on any atom is -0.361 e. The van der Waals surface area contributed by atoms with Crippen molar-refractivity contribution in [3.8, 4) is 0 Å². The van der Waals surface area contributed by atoms with Crippen molar-refractivity contribution in [1.82, 2.24) is 20.8 Å². The number of aryl methyl sites for hydroxylation is 2. The van der Waals surface area contributed by atoms with Crippen LogP contribution in [0, 0.1) is 13.8 Å². The maximum atomic E-state index is 6.26. The van der Waals surface area contributed by atoms with E-state index in [2.05, 4.69) is 30.7 Å². The van der Waals surface area contributed by atoms with E-state index in [0.29, 0.717) is 11.1 Å². The SMILES string of the molecule is CN=C(NCCCc1c(C)noc1C)NC1CCN(c2ncccc2Cl)C1.I. The molecule has 0 bridgehead atoms. The lowest BCUT2D eigenvalue weighted by atomic mass is 10.1. The Bertz CT molecular complexity index is 777. The van der Waals surface area contributed by atoms with Crippen molar-refractivity contribution >= 4 is 47.4 Å². The first-order chi connectivity index (χ1) is 13.1. The number of aliphatic imine (C=N–C) groups is 1. The molecule has 1 fully saturated rings. The third kappa shape index (κ3) is 5.73. The molecule has 0 aromatic carbocycles. The molecule has 28 heavy (non-hydrogen) atoms. The van der Waals surface area contributed by atoms with E-state index in [9.17, 15) is 0 Å². The summed E-state index contributed by atoms with van der Waals surface area (Å²) in [6.45, 7) is 6.57. The number of rotatable bonds is 6. The fraction of sp³-hybridized carbons (Fsp3) is 0.526. The van der Waals surface area contributed by atoms with Gasteiger partial charge in [-0.15, -0.1) is 24.0 Å². The van der Waals surface area contributed by atoms with Crippen LogP contribution in [-0.2, 0) is 6.42 Å². The first kappa shape index (κ1) is 22.7. The maximum absolute atomic E-state index is 6.26. The van der Waals surface area contributed by atoms with Crippen LogP contribution in [0.2, 0.25) is 5.02 Å². The van der Waals surface area contributed by atoms with Crippen molar-refractivity contribution < 1.29 is 4.52 Å². The minimum absolute atomic E-state index is 0. The summed E-state index contributed by atoms with van der Waals surface area (Å²) in [6, 6.07) is 4.05. The standard InChI is InChI=1S/C19H27ClN6O.HI/c1-13-16(14(2)27-25-13)6-4-10-23-19(21-3)24-15-8-11-26(12-15)18-17(20)7-5-9-22-18;/h5,7,9,15H,4,6,8,10-12H2,1-3H3,(H2,21,23,24);1H. The van der Waals surface area contributed by atoms with Gasteiger partial charge in [-0.3, -0.25) is 4.99 Å². The third-order valence-electron chi connectivity index (χ3n) is 4.87. The van der Waals surface area contributed by atoms with Gasteiger partial charge in [-0.05, 0) is 45.2 Å². The number of aromatic nitrogens is 2. The highest BCUT2D eigenvalue weighted by Crippen LogP contribution is 2.25. The lowest BCUT2D eigenvalue weighted by Crippen LogP contribution is -2.45. The van der Waals surface area contributed by atoms with Gasteiger partial charge in [-0.1, -0.05) is 16.8 Å². The average Bonchev–Trinajstić information content (AvgIpc) is 3.25. The number of nitrogens with zero attached hydrogens (tertiary/aromatic N) is 4. The lowest BCUT2D eigenvalue weighted by molar-refractivity contribution is 0.392. The predicted molar refractivity (Wildman–Crippen MR) is 124 cm³/mol. The Morgan fingerprint density at radius 3 is 2.93 bits per heavy atom.